The largest absolute Gasteiger partial charge is 0.454 e. The summed E-state index contributed by atoms with van der Waals surface area (Å²) in [6.07, 6.45) is 0.260. The second-order valence-electron chi connectivity index (χ2n) is 5.82. The molecule has 0 unspecified atom stereocenters. The molecule has 2 heterocycles. The van der Waals surface area contributed by atoms with Gasteiger partial charge in [0.05, 0.1) is 12.1 Å². The van der Waals surface area contributed by atoms with Gasteiger partial charge in [-0.2, -0.15) is 0 Å². The Balaban J connectivity index is 1.42. The number of nitrogens with one attached hydrogen (secondary N) is 1. The zero-order valence-corrected chi connectivity index (χ0v) is 14.4. The second kappa shape index (κ2) is 6.57. The number of carbonyl (C=O) groups is 1. The van der Waals surface area contributed by atoms with Gasteiger partial charge in [-0.1, -0.05) is 35.9 Å². The molecule has 6 heteroatoms. The molecule has 1 aliphatic heterocycles. The first-order valence-corrected chi connectivity index (χ1v) is 8.76. The molecule has 25 heavy (non-hydrogen) atoms. The quantitative estimate of drug-likeness (QED) is 0.770. The zero-order chi connectivity index (χ0) is 17.2. The summed E-state index contributed by atoms with van der Waals surface area (Å²) < 4.78 is 10.6. The number of nitrogens with zero attached hydrogens (tertiary/aromatic N) is 1. The summed E-state index contributed by atoms with van der Waals surface area (Å²) in [6, 6.07) is 13.7. The summed E-state index contributed by atoms with van der Waals surface area (Å²) in [4.78, 5) is 16.7. The normalized spacial score (nSPS) is 12.2. The maximum Gasteiger partial charge on any atom is 0.231 e. The Morgan fingerprint density at radius 1 is 1.16 bits per heavy atom. The molecule has 0 saturated heterocycles. The van der Waals surface area contributed by atoms with Crippen LogP contribution in [0.1, 0.15) is 11.1 Å². The minimum absolute atomic E-state index is 0.108. The molecule has 1 N–H and O–H groups in total. The van der Waals surface area contributed by atoms with E-state index < -0.39 is 0 Å². The standard InChI is InChI=1S/C19H16N2O3S/c1-12-2-5-14(6-3-12)15-10-25-19(20-15)21-18(22)9-13-4-7-16-17(8-13)24-11-23-16/h2-8,10H,9,11H2,1H3,(H,20,21,22). The zero-order valence-electron chi connectivity index (χ0n) is 13.6. The van der Waals surface area contributed by atoms with E-state index in [0.717, 1.165) is 16.8 Å². The molecule has 0 spiro atoms. The van der Waals surface area contributed by atoms with Gasteiger partial charge in [-0.25, -0.2) is 4.98 Å². The first-order chi connectivity index (χ1) is 12.2. The molecule has 1 amide bonds. The number of rotatable bonds is 4. The second-order valence-corrected chi connectivity index (χ2v) is 6.67. The van der Waals surface area contributed by atoms with Crippen LogP contribution in [0.15, 0.2) is 47.8 Å². The van der Waals surface area contributed by atoms with E-state index in [4.69, 9.17) is 9.47 Å². The van der Waals surface area contributed by atoms with Crippen molar-refractivity contribution in [1.82, 2.24) is 4.98 Å². The van der Waals surface area contributed by atoms with Crippen molar-refractivity contribution >= 4 is 22.4 Å². The van der Waals surface area contributed by atoms with E-state index in [2.05, 4.69) is 10.3 Å². The molecule has 0 aliphatic carbocycles. The van der Waals surface area contributed by atoms with Gasteiger partial charge < -0.3 is 14.8 Å². The summed E-state index contributed by atoms with van der Waals surface area (Å²) in [5.74, 6) is 1.29. The Bertz CT molecular complexity index is 919. The van der Waals surface area contributed by atoms with Gasteiger partial charge in [-0.15, -0.1) is 11.3 Å². The number of carbonyl (C=O) groups excluding carboxylic acids is 1. The van der Waals surface area contributed by atoms with Crippen LogP contribution in [0.3, 0.4) is 0 Å². The van der Waals surface area contributed by atoms with Crippen LogP contribution in [0.2, 0.25) is 0 Å². The topological polar surface area (TPSA) is 60.5 Å². The van der Waals surface area contributed by atoms with E-state index >= 15 is 0 Å². The molecule has 0 fully saturated rings. The van der Waals surface area contributed by atoms with E-state index in [9.17, 15) is 4.79 Å². The summed E-state index contributed by atoms with van der Waals surface area (Å²) in [7, 11) is 0. The third-order valence-electron chi connectivity index (χ3n) is 3.90. The SMILES string of the molecule is Cc1ccc(-c2csc(NC(=O)Cc3ccc4c(c3)OCO4)n2)cc1. The highest BCUT2D eigenvalue weighted by molar-refractivity contribution is 7.14. The number of benzene rings is 2. The van der Waals surface area contributed by atoms with Gasteiger partial charge in [0.1, 0.15) is 0 Å². The molecule has 0 bridgehead atoms. The van der Waals surface area contributed by atoms with Gasteiger partial charge in [0.25, 0.3) is 0 Å². The van der Waals surface area contributed by atoms with E-state index in [1.54, 1.807) is 0 Å². The monoisotopic (exact) mass is 352 g/mol. The van der Waals surface area contributed by atoms with Gasteiger partial charge in [0.2, 0.25) is 12.7 Å². The summed E-state index contributed by atoms with van der Waals surface area (Å²) in [5, 5.41) is 5.40. The van der Waals surface area contributed by atoms with Crippen molar-refractivity contribution < 1.29 is 14.3 Å². The highest BCUT2D eigenvalue weighted by Gasteiger charge is 2.15. The van der Waals surface area contributed by atoms with Crippen LogP contribution in [-0.2, 0) is 11.2 Å². The van der Waals surface area contributed by atoms with Crippen LogP contribution in [0.25, 0.3) is 11.3 Å². The maximum absolute atomic E-state index is 12.3. The molecule has 0 radical (unpaired) electrons. The molecule has 126 valence electrons. The summed E-state index contributed by atoms with van der Waals surface area (Å²) in [6.45, 7) is 2.28. The van der Waals surface area contributed by atoms with Crippen molar-refractivity contribution in [1.29, 1.82) is 0 Å². The Labute approximate surface area is 149 Å². The molecule has 5 nitrogen and oxygen atoms in total. The van der Waals surface area contributed by atoms with Crippen LogP contribution >= 0.6 is 11.3 Å². The summed E-state index contributed by atoms with van der Waals surface area (Å²) >= 11 is 1.42. The maximum atomic E-state index is 12.3. The number of aromatic nitrogens is 1. The number of amides is 1. The fourth-order valence-corrected chi connectivity index (χ4v) is 3.32. The van der Waals surface area contributed by atoms with Crippen LogP contribution in [0.5, 0.6) is 11.5 Å². The van der Waals surface area contributed by atoms with Crippen LogP contribution in [0.4, 0.5) is 5.13 Å². The lowest BCUT2D eigenvalue weighted by molar-refractivity contribution is -0.115. The highest BCUT2D eigenvalue weighted by Crippen LogP contribution is 2.32. The molecule has 0 saturated carbocycles. The fraction of sp³-hybridized carbons (Fsp3) is 0.158. The van der Waals surface area contributed by atoms with Gasteiger partial charge in [0.15, 0.2) is 16.6 Å². The number of aryl methyl sites for hydroxylation is 1. The average molecular weight is 352 g/mol. The molecule has 3 aromatic rings. The first-order valence-electron chi connectivity index (χ1n) is 7.88. The third-order valence-corrected chi connectivity index (χ3v) is 4.66. The van der Waals surface area contributed by atoms with E-state index in [-0.39, 0.29) is 19.1 Å². The Morgan fingerprint density at radius 3 is 2.80 bits per heavy atom. The fourth-order valence-electron chi connectivity index (χ4n) is 2.59. The molecule has 1 aliphatic rings. The highest BCUT2D eigenvalue weighted by atomic mass is 32.1. The number of ether oxygens (including phenoxy) is 2. The van der Waals surface area contributed by atoms with Gasteiger partial charge >= 0.3 is 0 Å². The van der Waals surface area contributed by atoms with Crippen molar-refractivity contribution in [2.24, 2.45) is 0 Å². The molecule has 2 aromatic carbocycles. The van der Waals surface area contributed by atoms with E-state index in [1.165, 1.54) is 16.9 Å². The molecule has 0 atom stereocenters. The Morgan fingerprint density at radius 2 is 1.96 bits per heavy atom. The Hall–Kier alpha value is -2.86. The van der Waals surface area contributed by atoms with Crippen LogP contribution in [0, 0.1) is 6.92 Å². The lowest BCUT2D eigenvalue weighted by Gasteiger charge is -2.03. The van der Waals surface area contributed by atoms with Crippen molar-refractivity contribution in [2.75, 3.05) is 12.1 Å². The number of thiazole rings is 1. The predicted molar refractivity (Wildman–Crippen MR) is 97.2 cm³/mol. The molecule has 1 aromatic heterocycles. The third kappa shape index (κ3) is 3.49. The van der Waals surface area contributed by atoms with Crippen LogP contribution < -0.4 is 14.8 Å². The van der Waals surface area contributed by atoms with E-state index in [1.807, 2.05) is 54.8 Å². The van der Waals surface area contributed by atoms with Crippen molar-refractivity contribution in [3.05, 3.63) is 59.0 Å². The van der Waals surface area contributed by atoms with Crippen molar-refractivity contribution in [3.8, 4) is 22.8 Å². The van der Waals surface area contributed by atoms with E-state index in [0.29, 0.717) is 16.6 Å². The van der Waals surface area contributed by atoms with Gasteiger partial charge in [-0.3, -0.25) is 4.79 Å². The number of hydrogen-bond acceptors (Lipinski definition) is 5. The minimum atomic E-state index is -0.108. The molecular weight excluding hydrogens is 336 g/mol. The number of anilines is 1. The smallest absolute Gasteiger partial charge is 0.231 e. The summed E-state index contributed by atoms with van der Waals surface area (Å²) in [5.41, 5.74) is 3.98. The molecule has 4 rings (SSSR count). The lowest BCUT2D eigenvalue weighted by atomic mass is 10.1. The van der Waals surface area contributed by atoms with Gasteiger partial charge in [0, 0.05) is 10.9 Å². The number of hydrogen-bond donors (Lipinski definition) is 1. The van der Waals surface area contributed by atoms with Gasteiger partial charge in [-0.05, 0) is 24.6 Å². The Kier molecular flexibility index (Phi) is 4.11. The lowest BCUT2D eigenvalue weighted by Crippen LogP contribution is -2.14. The number of fused-ring (bicyclic) bond motifs is 1. The minimum Gasteiger partial charge on any atom is -0.454 e. The van der Waals surface area contributed by atoms with Crippen molar-refractivity contribution in [2.45, 2.75) is 13.3 Å². The van der Waals surface area contributed by atoms with Crippen LogP contribution in [-0.4, -0.2) is 17.7 Å². The molecular formula is C19H16N2O3S. The predicted octanol–water partition coefficient (Wildman–Crippen LogP) is 4.03. The average Bonchev–Trinajstić information content (AvgIpc) is 3.24. The first kappa shape index (κ1) is 15.7. The van der Waals surface area contributed by atoms with Crippen molar-refractivity contribution in [3.63, 3.8) is 0 Å².